The molecule has 0 saturated carbocycles. The lowest BCUT2D eigenvalue weighted by molar-refractivity contribution is -0.128. The van der Waals surface area contributed by atoms with Gasteiger partial charge in [-0.05, 0) is 44.2 Å². The first kappa shape index (κ1) is 21.3. The van der Waals surface area contributed by atoms with E-state index in [9.17, 15) is 26.8 Å². The number of carbonyl (C=O) groups excluding carboxylic acids is 2. The second kappa shape index (κ2) is 8.79. The maximum absolute atomic E-state index is 13.8. The molecule has 0 heterocycles. The third-order valence-electron chi connectivity index (χ3n) is 3.58. The Hall–Kier alpha value is -3.01. The molecule has 150 valence electrons. The van der Waals surface area contributed by atoms with E-state index in [2.05, 4.69) is 5.32 Å². The summed E-state index contributed by atoms with van der Waals surface area (Å²) in [6.07, 6.45) is -1.11. The predicted octanol–water partition coefficient (Wildman–Crippen LogP) is 2.45. The topological polar surface area (TPSA) is 102 Å². The molecule has 0 fully saturated rings. The average Bonchev–Trinajstić information content (AvgIpc) is 2.63. The van der Waals surface area contributed by atoms with E-state index in [1.54, 1.807) is 6.92 Å². The Kier molecular flexibility index (Phi) is 6.68. The van der Waals surface area contributed by atoms with Gasteiger partial charge in [0.05, 0.1) is 11.3 Å². The molecule has 0 aliphatic heterocycles. The van der Waals surface area contributed by atoms with Gasteiger partial charge in [0, 0.05) is 6.54 Å². The van der Waals surface area contributed by atoms with E-state index in [4.69, 9.17) is 4.74 Å². The molecule has 2 aromatic rings. The third-order valence-corrected chi connectivity index (χ3v) is 4.96. The summed E-state index contributed by atoms with van der Waals surface area (Å²) in [7, 11) is -4.53. The SMILES string of the molecule is CCNC(=O)[C@H](C)OC(=O)c1ccccc1NS(=O)(=O)c1cc(F)ccc1F. The largest absolute Gasteiger partial charge is 0.449 e. The highest BCUT2D eigenvalue weighted by molar-refractivity contribution is 7.92. The van der Waals surface area contributed by atoms with Crippen LogP contribution in [-0.4, -0.2) is 32.9 Å². The van der Waals surface area contributed by atoms with E-state index >= 15 is 0 Å². The van der Waals surface area contributed by atoms with Gasteiger partial charge < -0.3 is 10.1 Å². The summed E-state index contributed by atoms with van der Waals surface area (Å²) in [5.41, 5.74) is -0.404. The molecule has 2 N–H and O–H groups in total. The van der Waals surface area contributed by atoms with E-state index in [1.807, 2.05) is 4.72 Å². The highest BCUT2D eigenvalue weighted by Crippen LogP contribution is 2.23. The summed E-state index contributed by atoms with van der Waals surface area (Å²) in [4.78, 5) is 23.1. The zero-order valence-electron chi connectivity index (χ0n) is 15.0. The molecule has 0 unspecified atom stereocenters. The van der Waals surface area contributed by atoms with E-state index < -0.39 is 44.5 Å². The number of anilines is 1. The molecule has 1 atom stereocenters. The van der Waals surface area contributed by atoms with Gasteiger partial charge in [-0.3, -0.25) is 9.52 Å². The Morgan fingerprint density at radius 2 is 1.82 bits per heavy atom. The monoisotopic (exact) mass is 412 g/mol. The number of hydrogen-bond acceptors (Lipinski definition) is 5. The maximum atomic E-state index is 13.8. The Morgan fingerprint density at radius 1 is 1.14 bits per heavy atom. The van der Waals surface area contributed by atoms with Gasteiger partial charge in [-0.2, -0.15) is 0 Å². The lowest BCUT2D eigenvalue weighted by atomic mass is 10.2. The lowest BCUT2D eigenvalue weighted by Crippen LogP contribution is -2.35. The van der Waals surface area contributed by atoms with Crippen LogP contribution < -0.4 is 10.0 Å². The van der Waals surface area contributed by atoms with Crippen LogP contribution in [0.2, 0.25) is 0 Å². The van der Waals surface area contributed by atoms with Crippen LogP contribution in [0.25, 0.3) is 0 Å². The number of amides is 1. The summed E-state index contributed by atoms with van der Waals surface area (Å²) in [6.45, 7) is 3.40. The van der Waals surface area contributed by atoms with Gasteiger partial charge in [0.1, 0.15) is 16.5 Å². The molecule has 10 heteroatoms. The number of carbonyl (C=O) groups is 2. The zero-order valence-corrected chi connectivity index (χ0v) is 15.8. The third kappa shape index (κ3) is 5.03. The molecule has 0 aliphatic rings. The zero-order chi connectivity index (χ0) is 20.9. The van der Waals surface area contributed by atoms with Crippen molar-refractivity contribution >= 4 is 27.6 Å². The Morgan fingerprint density at radius 3 is 2.50 bits per heavy atom. The molecule has 2 aromatic carbocycles. The van der Waals surface area contributed by atoms with Crippen molar-refractivity contribution in [3.63, 3.8) is 0 Å². The summed E-state index contributed by atoms with van der Waals surface area (Å²) < 4.78 is 59.1. The lowest BCUT2D eigenvalue weighted by Gasteiger charge is -2.15. The first-order chi connectivity index (χ1) is 13.2. The Bertz CT molecular complexity index is 995. The molecular weight excluding hydrogens is 394 g/mol. The van der Waals surface area contributed by atoms with Gasteiger partial charge in [-0.15, -0.1) is 0 Å². The summed E-state index contributed by atoms with van der Waals surface area (Å²) in [5, 5.41) is 2.48. The molecule has 0 radical (unpaired) electrons. The van der Waals surface area contributed by atoms with Crippen LogP contribution in [0.5, 0.6) is 0 Å². The molecule has 0 spiro atoms. The minimum Gasteiger partial charge on any atom is -0.449 e. The van der Waals surface area contributed by atoms with Crippen molar-refractivity contribution in [2.45, 2.75) is 24.8 Å². The standard InChI is InChI=1S/C18H18F2N2O5S/c1-3-21-17(23)11(2)27-18(24)13-6-4-5-7-15(13)22-28(25,26)16-10-12(19)8-9-14(16)20/h4-11,22H,3H2,1-2H3,(H,21,23)/t11-/m0/s1. The molecular formula is C18H18F2N2O5S. The fourth-order valence-corrected chi connectivity index (χ4v) is 3.40. The van der Waals surface area contributed by atoms with Crippen LogP contribution in [0.1, 0.15) is 24.2 Å². The Labute approximate surface area is 160 Å². The number of esters is 1. The molecule has 28 heavy (non-hydrogen) atoms. The van der Waals surface area contributed by atoms with E-state index in [-0.39, 0.29) is 11.3 Å². The summed E-state index contributed by atoms with van der Waals surface area (Å²) >= 11 is 0. The molecule has 0 bridgehead atoms. The van der Waals surface area contributed by atoms with Crippen LogP contribution in [-0.2, 0) is 19.6 Å². The number of sulfonamides is 1. The van der Waals surface area contributed by atoms with Crippen molar-refractivity contribution in [3.05, 3.63) is 59.7 Å². The number of likely N-dealkylation sites (N-methyl/N-ethyl adjacent to an activating group) is 1. The van der Waals surface area contributed by atoms with Crippen molar-refractivity contribution in [1.82, 2.24) is 5.32 Å². The first-order valence-corrected chi connectivity index (χ1v) is 9.69. The number of halogens is 2. The second-order valence-electron chi connectivity index (χ2n) is 5.67. The highest BCUT2D eigenvalue weighted by Gasteiger charge is 2.24. The summed E-state index contributed by atoms with van der Waals surface area (Å²) in [6, 6.07) is 7.39. The van der Waals surface area contributed by atoms with Gasteiger partial charge in [-0.1, -0.05) is 12.1 Å². The number of rotatable bonds is 7. The van der Waals surface area contributed by atoms with Gasteiger partial charge in [0.2, 0.25) is 0 Å². The van der Waals surface area contributed by atoms with Crippen molar-refractivity contribution in [2.75, 3.05) is 11.3 Å². The number of para-hydroxylation sites is 1. The normalized spacial score (nSPS) is 12.1. The van der Waals surface area contributed by atoms with Crippen LogP contribution in [0.15, 0.2) is 47.4 Å². The second-order valence-corrected chi connectivity index (χ2v) is 7.32. The molecule has 1 amide bonds. The number of benzene rings is 2. The highest BCUT2D eigenvalue weighted by atomic mass is 32.2. The van der Waals surface area contributed by atoms with Crippen LogP contribution in [0.4, 0.5) is 14.5 Å². The average molecular weight is 412 g/mol. The van der Waals surface area contributed by atoms with Gasteiger partial charge >= 0.3 is 5.97 Å². The van der Waals surface area contributed by atoms with Gasteiger partial charge in [0.15, 0.2) is 6.10 Å². The van der Waals surface area contributed by atoms with Gasteiger partial charge in [-0.25, -0.2) is 22.0 Å². The predicted molar refractivity (Wildman–Crippen MR) is 97.2 cm³/mol. The molecule has 0 aromatic heterocycles. The smallest absolute Gasteiger partial charge is 0.341 e. The quantitative estimate of drug-likeness (QED) is 0.681. The number of ether oxygens (including phenoxy) is 1. The molecule has 7 nitrogen and oxygen atoms in total. The molecule has 0 aliphatic carbocycles. The van der Waals surface area contributed by atoms with Gasteiger partial charge in [0.25, 0.3) is 15.9 Å². The fraction of sp³-hybridized carbons (Fsp3) is 0.222. The van der Waals surface area contributed by atoms with Crippen molar-refractivity contribution in [1.29, 1.82) is 0 Å². The van der Waals surface area contributed by atoms with Crippen LogP contribution in [0, 0.1) is 11.6 Å². The maximum Gasteiger partial charge on any atom is 0.341 e. The van der Waals surface area contributed by atoms with Crippen molar-refractivity contribution in [2.24, 2.45) is 0 Å². The van der Waals surface area contributed by atoms with E-state index in [1.165, 1.54) is 31.2 Å². The molecule has 0 saturated heterocycles. The van der Waals surface area contributed by atoms with Crippen molar-refractivity contribution < 1.29 is 31.5 Å². The van der Waals surface area contributed by atoms with Crippen molar-refractivity contribution in [3.8, 4) is 0 Å². The minimum atomic E-state index is -4.53. The fourth-order valence-electron chi connectivity index (χ4n) is 2.23. The summed E-state index contributed by atoms with van der Waals surface area (Å²) in [5.74, 6) is -3.57. The first-order valence-electron chi connectivity index (χ1n) is 8.21. The molecule has 2 rings (SSSR count). The van der Waals surface area contributed by atoms with E-state index in [0.29, 0.717) is 18.7 Å². The van der Waals surface area contributed by atoms with Crippen LogP contribution >= 0.6 is 0 Å². The number of hydrogen-bond donors (Lipinski definition) is 2. The van der Waals surface area contributed by atoms with E-state index in [0.717, 1.165) is 6.07 Å². The van der Waals surface area contributed by atoms with Crippen LogP contribution in [0.3, 0.4) is 0 Å². The Balaban J connectivity index is 2.30. The number of nitrogens with one attached hydrogen (secondary N) is 2. The minimum absolute atomic E-state index is 0.195.